The molecule has 7 heteroatoms. The summed E-state index contributed by atoms with van der Waals surface area (Å²) in [5.74, 6) is 1.29. The number of nitrogens with zero attached hydrogens (tertiary/aromatic N) is 3. The van der Waals surface area contributed by atoms with Crippen LogP contribution in [0.3, 0.4) is 0 Å². The minimum absolute atomic E-state index is 0.0788. The van der Waals surface area contributed by atoms with Gasteiger partial charge < -0.3 is 10.6 Å². The Morgan fingerprint density at radius 1 is 1.58 bits per heavy atom. The molecule has 3 N–H and O–H groups in total. The lowest BCUT2D eigenvalue weighted by Gasteiger charge is -2.15. The van der Waals surface area contributed by atoms with Crippen LogP contribution in [0, 0.1) is 5.92 Å². The molecule has 2 atom stereocenters. The third-order valence-corrected chi connectivity index (χ3v) is 3.53. The molecule has 1 aromatic heterocycles. The van der Waals surface area contributed by atoms with Gasteiger partial charge in [-0.15, -0.1) is 10.2 Å². The summed E-state index contributed by atoms with van der Waals surface area (Å²) < 4.78 is 0. The van der Waals surface area contributed by atoms with Crippen LogP contribution in [0.25, 0.3) is 0 Å². The van der Waals surface area contributed by atoms with Crippen molar-refractivity contribution in [2.75, 3.05) is 13.1 Å². The third kappa shape index (κ3) is 4.27. The standard InChI is InChI=1S/C12H22N6O/c1-2-3-10(12-15-17-18-16-12)14-11(19)5-4-9-6-7-13-8-9/h9-10,13H,2-8H2,1H3,(H,14,19)(H,15,16,17,18). The highest BCUT2D eigenvalue weighted by molar-refractivity contribution is 5.76. The minimum Gasteiger partial charge on any atom is -0.346 e. The number of nitrogens with one attached hydrogen (secondary N) is 3. The van der Waals surface area contributed by atoms with Gasteiger partial charge in [0.2, 0.25) is 5.91 Å². The summed E-state index contributed by atoms with van der Waals surface area (Å²) in [6.45, 7) is 4.19. The Morgan fingerprint density at radius 3 is 3.11 bits per heavy atom. The van der Waals surface area contributed by atoms with Gasteiger partial charge in [0.1, 0.15) is 0 Å². The molecule has 0 radical (unpaired) electrons. The molecular formula is C12H22N6O. The van der Waals surface area contributed by atoms with E-state index in [1.165, 1.54) is 6.42 Å². The fourth-order valence-electron chi connectivity index (χ4n) is 2.43. The molecule has 0 saturated carbocycles. The molecule has 0 aromatic carbocycles. The van der Waals surface area contributed by atoms with Crippen LogP contribution >= 0.6 is 0 Å². The molecule has 1 saturated heterocycles. The lowest BCUT2D eigenvalue weighted by Crippen LogP contribution is -2.29. The molecule has 106 valence electrons. The summed E-state index contributed by atoms with van der Waals surface area (Å²) in [5, 5.41) is 20.2. The maximum atomic E-state index is 12.0. The van der Waals surface area contributed by atoms with Crippen molar-refractivity contribution in [2.45, 2.75) is 45.1 Å². The number of aromatic amines is 1. The number of aromatic nitrogens is 4. The predicted octanol–water partition coefficient (Wildman–Crippen LogP) is 0.547. The van der Waals surface area contributed by atoms with Gasteiger partial charge in [-0.1, -0.05) is 18.6 Å². The van der Waals surface area contributed by atoms with Crippen molar-refractivity contribution in [3.8, 4) is 0 Å². The zero-order valence-corrected chi connectivity index (χ0v) is 11.4. The van der Waals surface area contributed by atoms with Crippen molar-refractivity contribution in [1.29, 1.82) is 0 Å². The highest BCUT2D eigenvalue weighted by Gasteiger charge is 2.20. The van der Waals surface area contributed by atoms with Crippen LogP contribution in [-0.4, -0.2) is 39.6 Å². The maximum Gasteiger partial charge on any atom is 0.220 e. The molecule has 2 rings (SSSR count). The van der Waals surface area contributed by atoms with E-state index in [4.69, 9.17) is 0 Å². The van der Waals surface area contributed by atoms with E-state index in [9.17, 15) is 4.79 Å². The summed E-state index contributed by atoms with van der Waals surface area (Å²) in [5.41, 5.74) is 0. The SMILES string of the molecule is CCCC(NC(=O)CCC1CCNC1)c1nn[nH]n1. The van der Waals surface area contributed by atoms with Gasteiger partial charge in [0.25, 0.3) is 0 Å². The van der Waals surface area contributed by atoms with Crippen LogP contribution in [0.1, 0.15) is 50.9 Å². The lowest BCUT2D eigenvalue weighted by atomic mass is 10.0. The topological polar surface area (TPSA) is 95.6 Å². The Morgan fingerprint density at radius 2 is 2.47 bits per heavy atom. The van der Waals surface area contributed by atoms with E-state index >= 15 is 0 Å². The molecule has 2 heterocycles. The van der Waals surface area contributed by atoms with Crippen LogP contribution in [0.5, 0.6) is 0 Å². The molecule has 1 aliphatic rings. The van der Waals surface area contributed by atoms with Crippen molar-refractivity contribution < 1.29 is 4.79 Å². The first-order valence-electron chi connectivity index (χ1n) is 7.03. The Kier molecular flexibility index (Phi) is 5.26. The number of carbonyl (C=O) groups is 1. The first kappa shape index (κ1) is 13.9. The molecule has 19 heavy (non-hydrogen) atoms. The molecule has 1 aromatic rings. The van der Waals surface area contributed by atoms with Crippen LogP contribution in [0.2, 0.25) is 0 Å². The number of tetrazole rings is 1. The highest BCUT2D eigenvalue weighted by Crippen LogP contribution is 2.16. The highest BCUT2D eigenvalue weighted by atomic mass is 16.1. The van der Waals surface area contributed by atoms with E-state index in [-0.39, 0.29) is 11.9 Å². The van der Waals surface area contributed by atoms with Crippen LogP contribution in [0.15, 0.2) is 0 Å². The van der Waals surface area contributed by atoms with E-state index in [1.54, 1.807) is 0 Å². The number of amides is 1. The van der Waals surface area contributed by atoms with Crippen LogP contribution in [-0.2, 0) is 4.79 Å². The Balaban J connectivity index is 1.77. The van der Waals surface area contributed by atoms with Gasteiger partial charge in [0, 0.05) is 6.42 Å². The van der Waals surface area contributed by atoms with Crippen molar-refractivity contribution in [3.63, 3.8) is 0 Å². The summed E-state index contributed by atoms with van der Waals surface area (Å²) >= 11 is 0. The lowest BCUT2D eigenvalue weighted by molar-refractivity contribution is -0.122. The summed E-state index contributed by atoms with van der Waals surface area (Å²) in [7, 11) is 0. The maximum absolute atomic E-state index is 12.0. The Labute approximate surface area is 112 Å². The van der Waals surface area contributed by atoms with Crippen molar-refractivity contribution in [2.24, 2.45) is 5.92 Å². The fourth-order valence-corrected chi connectivity index (χ4v) is 2.43. The van der Waals surface area contributed by atoms with E-state index in [0.717, 1.165) is 32.4 Å². The summed E-state index contributed by atoms with van der Waals surface area (Å²) in [6, 6.07) is -0.127. The zero-order valence-electron chi connectivity index (χ0n) is 11.4. The van der Waals surface area contributed by atoms with Gasteiger partial charge >= 0.3 is 0 Å². The van der Waals surface area contributed by atoms with E-state index in [0.29, 0.717) is 18.2 Å². The summed E-state index contributed by atoms with van der Waals surface area (Å²) in [6.07, 6.45) is 4.49. The second-order valence-corrected chi connectivity index (χ2v) is 5.08. The largest absolute Gasteiger partial charge is 0.346 e. The smallest absolute Gasteiger partial charge is 0.220 e. The third-order valence-electron chi connectivity index (χ3n) is 3.53. The second-order valence-electron chi connectivity index (χ2n) is 5.08. The normalized spacial score (nSPS) is 20.4. The van der Waals surface area contributed by atoms with Crippen molar-refractivity contribution in [1.82, 2.24) is 31.3 Å². The van der Waals surface area contributed by atoms with Gasteiger partial charge in [-0.3, -0.25) is 4.79 Å². The first-order chi connectivity index (χ1) is 9.29. The van der Waals surface area contributed by atoms with E-state index < -0.39 is 0 Å². The predicted molar refractivity (Wildman–Crippen MR) is 70.2 cm³/mol. The van der Waals surface area contributed by atoms with Crippen LogP contribution < -0.4 is 10.6 Å². The molecule has 1 amide bonds. The van der Waals surface area contributed by atoms with Crippen molar-refractivity contribution >= 4 is 5.91 Å². The van der Waals surface area contributed by atoms with Gasteiger partial charge in [-0.05, 0) is 38.3 Å². The molecule has 0 spiro atoms. The Hall–Kier alpha value is -1.50. The molecule has 1 fully saturated rings. The van der Waals surface area contributed by atoms with Gasteiger partial charge in [0.15, 0.2) is 5.82 Å². The zero-order chi connectivity index (χ0) is 13.5. The summed E-state index contributed by atoms with van der Waals surface area (Å²) in [4.78, 5) is 12.0. The average molecular weight is 266 g/mol. The van der Waals surface area contributed by atoms with Gasteiger partial charge in [-0.2, -0.15) is 5.21 Å². The number of rotatable bonds is 7. The molecular weight excluding hydrogens is 244 g/mol. The molecule has 7 nitrogen and oxygen atoms in total. The number of hydrogen-bond acceptors (Lipinski definition) is 5. The van der Waals surface area contributed by atoms with Gasteiger partial charge in [0.05, 0.1) is 6.04 Å². The molecule has 0 bridgehead atoms. The van der Waals surface area contributed by atoms with E-state index in [2.05, 4.69) is 38.2 Å². The first-order valence-corrected chi connectivity index (χ1v) is 7.03. The number of carbonyl (C=O) groups excluding carboxylic acids is 1. The monoisotopic (exact) mass is 266 g/mol. The minimum atomic E-state index is -0.127. The average Bonchev–Trinajstić information content (AvgIpc) is 3.09. The second kappa shape index (κ2) is 7.18. The van der Waals surface area contributed by atoms with E-state index in [1.807, 2.05) is 0 Å². The fraction of sp³-hybridized carbons (Fsp3) is 0.833. The van der Waals surface area contributed by atoms with Gasteiger partial charge in [-0.25, -0.2) is 0 Å². The molecule has 1 aliphatic heterocycles. The van der Waals surface area contributed by atoms with Crippen molar-refractivity contribution in [3.05, 3.63) is 5.82 Å². The number of H-pyrrole nitrogens is 1. The quantitative estimate of drug-likeness (QED) is 0.669. The van der Waals surface area contributed by atoms with Crippen LogP contribution in [0.4, 0.5) is 0 Å². The molecule has 0 aliphatic carbocycles. The number of hydrogen-bond donors (Lipinski definition) is 3. The molecule has 2 unspecified atom stereocenters. The Bertz CT molecular complexity index is 374.